The standard InChI is InChI=1S/C15H12ClFN2/c1-10-2-7-14(17)13(8-10)15(9-18)19-12-5-3-11(16)4-6-12/h2-8,15,19H,1H3. The third-order valence-corrected chi connectivity index (χ3v) is 3.00. The highest BCUT2D eigenvalue weighted by Gasteiger charge is 2.15. The Balaban J connectivity index is 2.28. The maximum absolute atomic E-state index is 13.8. The zero-order valence-electron chi connectivity index (χ0n) is 10.3. The first-order chi connectivity index (χ1) is 9.10. The Morgan fingerprint density at radius 3 is 2.53 bits per heavy atom. The minimum atomic E-state index is -0.735. The number of hydrogen-bond acceptors (Lipinski definition) is 2. The van der Waals surface area contributed by atoms with Crippen LogP contribution in [0.5, 0.6) is 0 Å². The van der Waals surface area contributed by atoms with Crippen LogP contribution < -0.4 is 5.32 Å². The molecule has 0 aromatic heterocycles. The average molecular weight is 275 g/mol. The molecule has 1 unspecified atom stereocenters. The number of aryl methyl sites for hydroxylation is 1. The summed E-state index contributed by atoms with van der Waals surface area (Å²) in [5, 5.41) is 12.8. The molecular formula is C15H12ClFN2. The van der Waals surface area contributed by atoms with E-state index in [9.17, 15) is 9.65 Å². The maximum Gasteiger partial charge on any atom is 0.143 e. The molecule has 0 bridgehead atoms. The molecule has 0 aliphatic heterocycles. The molecule has 4 heteroatoms. The second-order valence-electron chi connectivity index (χ2n) is 4.24. The lowest BCUT2D eigenvalue weighted by atomic mass is 10.0. The first-order valence-corrected chi connectivity index (χ1v) is 6.15. The molecule has 0 saturated carbocycles. The van der Waals surface area contributed by atoms with Crippen molar-refractivity contribution in [3.05, 3.63) is 64.4 Å². The SMILES string of the molecule is Cc1ccc(F)c(C(C#N)Nc2ccc(Cl)cc2)c1. The molecule has 1 N–H and O–H groups in total. The number of nitrogens with one attached hydrogen (secondary N) is 1. The fourth-order valence-corrected chi connectivity index (χ4v) is 1.90. The monoisotopic (exact) mass is 274 g/mol. The first-order valence-electron chi connectivity index (χ1n) is 5.78. The largest absolute Gasteiger partial charge is 0.366 e. The Morgan fingerprint density at radius 2 is 1.89 bits per heavy atom. The summed E-state index contributed by atoms with van der Waals surface area (Å²) in [6, 6.07) is 13.0. The highest BCUT2D eigenvalue weighted by Crippen LogP contribution is 2.23. The number of hydrogen-bond donors (Lipinski definition) is 1. The van der Waals surface area contributed by atoms with Gasteiger partial charge in [-0.25, -0.2) is 4.39 Å². The van der Waals surface area contributed by atoms with Crippen molar-refractivity contribution in [2.24, 2.45) is 0 Å². The Kier molecular flexibility index (Phi) is 4.03. The summed E-state index contributed by atoms with van der Waals surface area (Å²) < 4.78 is 13.8. The Hall–Kier alpha value is -2.05. The van der Waals surface area contributed by atoms with Crippen LogP contribution in [0.2, 0.25) is 5.02 Å². The highest BCUT2D eigenvalue weighted by molar-refractivity contribution is 6.30. The minimum Gasteiger partial charge on any atom is -0.366 e. The van der Waals surface area contributed by atoms with Gasteiger partial charge in [0.05, 0.1) is 6.07 Å². The van der Waals surface area contributed by atoms with Crippen LogP contribution in [-0.2, 0) is 0 Å². The number of rotatable bonds is 3. The van der Waals surface area contributed by atoms with Gasteiger partial charge >= 0.3 is 0 Å². The van der Waals surface area contributed by atoms with Crippen LogP contribution in [0.4, 0.5) is 10.1 Å². The third-order valence-electron chi connectivity index (χ3n) is 2.75. The van der Waals surface area contributed by atoms with E-state index in [1.54, 1.807) is 36.4 Å². The second-order valence-corrected chi connectivity index (χ2v) is 4.67. The Morgan fingerprint density at radius 1 is 1.21 bits per heavy atom. The number of benzene rings is 2. The molecule has 0 aliphatic rings. The molecule has 0 spiro atoms. The molecule has 0 radical (unpaired) electrons. The van der Waals surface area contributed by atoms with Crippen LogP contribution in [0, 0.1) is 24.1 Å². The fourth-order valence-electron chi connectivity index (χ4n) is 1.78. The molecule has 2 nitrogen and oxygen atoms in total. The van der Waals surface area contributed by atoms with Crippen molar-refractivity contribution in [2.45, 2.75) is 13.0 Å². The number of halogens is 2. The van der Waals surface area contributed by atoms with Gasteiger partial charge in [-0.1, -0.05) is 29.3 Å². The van der Waals surface area contributed by atoms with E-state index in [0.29, 0.717) is 10.6 Å². The van der Waals surface area contributed by atoms with Crippen LogP contribution in [-0.4, -0.2) is 0 Å². The number of nitrogens with zero attached hydrogens (tertiary/aromatic N) is 1. The average Bonchev–Trinajstić information content (AvgIpc) is 2.41. The second kappa shape index (κ2) is 5.73. The van der Waals surface area contributed by atoms with Crippen LogP contribution in [0.1, 0.15) is 17.2 Å². The van der Waals surface area contributed by atoms with E-state index in [1.807, 2.05) is 6.92 Å². The van der Waals surface area contributed by atoms with Gasteiger partial charge in [0, 0.05) is 16.3 Å². The third kappa shape index (κ3) is 3.24. The zero-order valence-corrected chi connectivity index (χ0v) is 11.1. The van der Waals surface area contributed by atoms with Crippen molar-refractivity contribution in [3.8, 4) is 6.07 Å². The predicted octanol–water partition coefficient (Wildman–Crippen LogP) is 4.46. The van der Waals surface area contributed by atoms with E-state index in [-0.39, 0.29) is 0 Å². The van der Waals surface area contributed by atoms with Crippen LogP contribution in [0.3, 0.4) is 0 Å². The molecule has 2 rings (SSSR count). The van der Waals surface area contributed by atoms with Crippen molar-refractivity contribution in [2.75, 3.05) is 5.32 Å². The molecule has 2 aromatic carbocycles. The normalized spacial score (nSPS) is 11.7. The van der Waals surface area contributed by atoms with E-state index < -0.39 is 11.9 Å². The predicted molar refractivity (Wildman–Crippen MR) is 74.6 cm³/mol. The van der Waals surface area contributed by atoms with E-state index in [2.05, 4.69) is 11.4 Å². The van der Waals surface area contributed by atoms with E-state index in [4.69, 9.17) is 11.6 Å². The summed E-state index contributed by atoms with van der Waals surface area (Å²) in [6.07, 6.45) is 0. The Bertz CT molecular complexity index is 617. The van der Waals surface area contributed by atoms with Gasteiger partial charge in [0.25, 0.3) is 0 Å². The van der Waals surface area contributed by atoms with Crippen LogP contribution in [0.15, 0.2) is 42.5 Å². The van der Waals surface area contributed by atoms with Gasteiger partial charge in [-0.15, -0.1) is 0 Å². The smallest absolute Gasteiger partial charge is 0.143 e. The van der Waals surface area contributed by atoms with Gasteiger partial charge < -0.3 is 5.32 Å². The summed E-state index contributed by atoms with van der Waals surface area (Å²) in [7, 11) is 0. The van der Waals surface area contributed by atoms with E-state index in [0.717, 1.165) is 11.3 Å². The quantitative estimate of drug-likeness (QED) is 0.897. The summed E-state index contributed by atoms with van der Waals surface area (Å²) in [5.41, 5.74) is 1.98. The van der Waals surface area contributed by atoms with Crippen molar-refractivity contribution in [1.82, 2.24) is 0 Å². The lowest BCUT2D eigenvalue weighted by molar-refractivity contribution is 0.607. The molecule has 0 saturated heterocycles. The zero-order chi connectivity index (χ0) is 13.8. The molecule has 2 aromatic rings. The van der Waals surface area contributed by atoms with E-state index >= 15 is 0 Å². The van der Waals surface area contributed by atoms with Gasteiger partial charge in [-0.2, -0.15) is 5.26 Å². The van der Waals surface area contributed by atoms with Crippen molar-refractivity contribution < 1.29 is 4.39 Å². The fraction of sp³-hybridized carbons (Fsp3) is 0.133. The lowest BCUT2D eigenvalue weighted by Gasteiger charge is -2.14. The Labute approximate surface area is 116 Å². The highest BCUT2D eigenvalue weighted by atomic mass is 35.5. The lowest BCUT2D eigenvalue weighted by Crippen LogP contribution is -2.10. The molecule has 0 aliphatic carbocycles. The summed E-state index contributed by atoms with van der Waals surface area (Å²) in [4.78, 5) is 0. The molecular weight excluding hydrogens is 263 g/mol. The van der Waals surface area contributed by atoms with Crippen molar-refractivity contribution in [1.29, 1.82) is 5.26 Å². The van der Waals surface area contributed by atoms with Gasteiger partial charge in [-0.3, -0.25) is 0 Å². The number of nitriles is 1. The summed E-state index contributed by atoms with van der Waals surface area (Å²) >= 11 is 5.79. The van der Waals surface area contributed by atoms with Crippen molar-refractivity contribution >= 4 is 17.3 Å². The van der Waals surface area contributed by atoms with Crippen LogP contribution in [0.25, 0.3) is 0 Å². The topological polar surface area (TPSA) is 35.8 Å². The number of anilines is 1. The minimum absolute atomic E-state index is 0.345. The maximum atomic E-state index is 13.8. The first kappa shape index (κ1) is 13.4. The molecule has 0 amide bonds. The summed E-state index contributed by atoms with van der Waals surface area (Å²) in [6.45, 7) is 1.86. The van der Waals surface area contributed by atoms with Gasteiger partial charge in [0.1, 0.15) is 11.9 Å². The molecule has 19 heavy (non-hydrogen) atoms. The van der Waals surface area contributed by atoms with Gasteiger partial charge in [0.15, 0.2) is 0 Å². The molecule has 0 fully saturated rings. The molecule has 0 heterocycles. The van der Waals surface area contributed by atoms with Gasteiger partial charge in [0.2, 0.25) is 0 Å². The van der Waals surface area contributed by atoms with E-state index in [1.165, 1.54) is 6.07 Å². The molecule has 96 valence electrons. The van der Waals surface area contributed by atoms with Gasteiger partial charge in [-0.05, 0) is 37.3 Å². The summed E-state index contributed by atoms with van der Waals surface area (Å²) in [5.74, 6) is -0.390. The van der Waals surface area contributed by atoms with Crippen molar-refractivity contribution in [3.63, 3.8) is 0 Å². The molecule has 1 atom stereocenters. The van der Waals surface area contributed by atoms with Crippen LogP contribution >= 0.6 is 11.6 Å².